The molecule has 1 unspecified atom stereocenters. The first-order chi connectivity index (χ1) is 10.9. The fourth-order valence-electron chi connectivity index (χ4n) is 2.71. The third-order valence-electron chi connectivity index (χ3n) is 4.47. The molecule has 1 atom stereocenters. The van der Waals surface area contributed by atoms with Crippen molar-refractivity contribution in [3.05, 3.63) is 0 Å². The number of aliphatic hydroxyl groups is 2. The second-order valence-corrected chi connectivity index (χ2v) is 7.41. The molecule has 0 radical (unpaired) electrons. The van der Waals surface area contributed by atoms with E-state index in [1.54, 1.807) is 0 Å². The molecule has 0 heterocycles. The van der Waals surface area contributed by atoms with E-state index < -0.39 is 16.9 Å². The van der Waals surface area contributed by atoms with Gasteiger partial charge in [-0.2, -0.15) is 0 Å². The zero-order valence-electron chi connectivity index (χ0n) is 15.2. The minimum Gasteiger partial charge on any atom is -0.359 e. The van der Waals surface area contributed by atoms with E-state index in [4.69, 9.17) is 11.6 Å². The fourth-order valence-corrected chi connectivity index (χ4v) is 2.83. The van der Waals surface area contributed by atoms with Crippen LogP contribution in [0.3, 0.4) is 0 Å². The Morgan fingerprint density at radius 3 is 1.52 bits per heavy atom. The quantitative estimate of drug-likeness (QED) is 0.225. The van der Waals surface area contributed by atoms with E-state index >= 15 is 0 Å². The van der Waals surface area contributed by atoms with E-state index in [9.17, 15) is 15.0 Å². The van der Waals surface area contributed by atoms with Crippen LogP contribution in [-0.2, 0) is 4.79 Å². The maximum atomic E-state index is 11.6. The highest BCUT2D eigenvalue weighted by Crippen LogP contribution is 2.18. The van der Waals surface area contributed by atoms with E-state index in [1.807, 2.05) is 0 Å². The van der Waals surface area contributed by atoms with E-state index in [1.165, 1.54) is 71.1 Å². The molecule has 0 amide bonds. The summed E-state index contributed by atoms with van der Waals surface area (Å²) in [7, 11) is 0. The molecule has 0 aliphatic heterocycles. The summed E-state index contributed by atoms with van der Waals surface area (Å²) < 4.78 is 0. The standard InChI is InChI=1S/C19H37ClO3/c1-3-4-5-6-7-8-9-10-11-12-13-14-15-16-18(21)19(22,23)17(2)20/h17,22-23H,3-16H2,1-2H3. The molecule has 138 valence electrons. The topological polar surface area (TPSA) is 57.5 Å². The number of alkyl halides is 1. The molecule has 0 spiro atoms. The van der Waals surface area contributed by atoms with Gasteiger partial charge in [0.25, 0.3) is 0 Å². The Bertz CT molecular complexity index is 290. The van der Waals surface area contributed by atoms with Crippen LogP contribution < -0.4 is 0 Å². The molecule has 0 aliphatic rings. The lowest BCUT2D eigenvalue weighted by Gasteiger charge is -2.22. The van der Waals surface area contributed by atoms with Gasteiger partial charge in [-0.3, -0.25) is 4.79 Å². The maximum Gasteiger partial charge on any atom is 0.240 e. The number of rotatable bonds is 16. The van der Waals surface area contributed by atoms with Gasteiger partial charge in [-0.1, -0.05) is 84.0 Å². The van der Waals surface area contributed by atoms with E-state index in [2.05, 4.69) is 6.92 Å². The van der Waals surface area contributed by atoms with Crippen LogP contribution in [0.4, 0.5) is 0 Å². The zero-order valence-corrected chi connectivity index (χ0v) is 15.9. The van der Waals surface area contributed by atoms with Crippen LogP contribution in [-0.4, -0.2) is 27.2 Å². The monoisotopic (exact) mass is 348 g/mol. The van der Waals surface area contributed by atoms with Gasteiger partial charge in [0.1, 0.15) is 0 Å². The highest BCUT2D eigenvalue weighted by Gasteiger charge is 2.37. The van der Waals surface area contributed by atoms with Gasteiger partial charge >= 0.3 is 0 Å². The molecular formula is C19H37ClO3. The van der Waals surface area contributed by atoms with Crippen LogP contribution in [0.5, 0.6) is 0 Å². The number of carbonyl (C=O) groups excluding carboxylic acids is 1. The number of unbranched alkanes of at least 4 members (excludes halogenated alkanes) is 12. The van der Waals surface area contributed by atoms with Crippen LogP contribution in [0.1, 0.15) is 104 Å². The van der Waals surface area contributed by atoms with Gasteiger partial charge in [-0.15, -0.1) is 11.6 Å². The van der Waals surface area contributed by atoms with Gasteiger partial charge in [0.15, 0.2) is 5.78 Å². The second kappa shape index (κ2) is 14.2. The van der Waals surface area contributed by atoms with Crippen molar-refractivity contribution in [2.45, 2.75) is 115 Å². The maximum absolute atomic E-state index is 11.6. The third kappa shape index (κ3) is 12.0. The predicted octanol–water partition coefficient (Wildman–Crippen LogP) is 5.35. The van der Waals surface area contributed by atoms with Crippen molar-refractivity contribution in [3.63, 3.8) is 0 Å². The normalized spacial score (nSPS) is 13.3. The van der Waals surface area contributed by atoms with Gasteiger partial charge < -0.3 is 10.2 Å². The lowest BCUT2D eigenvalue weighted by molar-refractivity contribution is -0.182. The third-order valence-corrected chi connectivity index (χ3v) is 4.78. The Labute approximate surface area is 147 Å². The molecule has 0 aromatic heterocycles. The molecule has 2 N–H and O–H groups in total. The van der Waals surface area contributed by atoms with Gasteiger partial charge in [-0.25, -0.2) is 0 Å². The number of carbonyl (C=O) groups is 1. The second-order valence-electron chi connectivity index (χ2n) is 6.76. The summed E-state index contributed by atoms with van der Waals surface area (Å²) in [6.45, 7) is 3.67. The summed E-state index contributed by atoms with van der Waals surface area (Å²) in [5, 5.41) is 18.1. The number of Topliss-reactive ketones (excluding diaryl/α,β-unsaturated/α-hetero) is 1. The van der Waals surface area contributed by atoms with Gasteiger partial charge in [0.2, 0.25) is 5.79 Å². The van der Waals surface area contributed by atoms with Crippen LogP contribution >= 0.6 is 11.6 Å². The predicted molar refractivity (Wildman–Crippen MR) is 97.8 cm³/mol. The zero-order chi connectivity index (χ0) is 17.6. The van der Waals surface area contributed by atoms with Crippen molar-refractivity contribution in [2.24, 2.45) is 0 Å². The van der Waals surface area contributed by atoms with Gasteiger partial charge in [0.05, 0.1) is 5.38 Å². The van der Waals surface area contributed by atoms with Crippen molar-refractivity contribution >= 4 is 17.4 Å². The minimum atomic E-state index is -2.38. The van der Waals surface area contributed by atoms with Crippen molar-refractivity contribution < 1.29 is 15.0 Å². The number of hydrogen-bond acceptors (Lipinski definition) is 3. The van der Waals surface area contributed by atoms with Crippen LogP contribution in [0.25, 0.3) is 0 Å². The SMILES string of the molecule is CCCCCCCCCCCCCCCC(=O)C(O)(O)C(C)Cl. The average molecular weight is 349 g/mol. The molecule has 23 heavy (non-hydrogen) atoms. The Morgan fingerprint density at radius 1 is 0.826 bits per heavy atom. The molecule has 0 aromatic carbocycles. The van der Waals surface area contributed by atoms with E-state index in [0.717, 1.165) is 12.8 Å². The summed E-state index contributed by atoms with van der Waals surface area (Å²) >= 11 is 5.60. The number of hydrogen-bond donors (Lipinski definition) is 2. The first kappa shape index (κ1) is 22.9. The molecule has 0 aromatic rings. The Morgan fingerprint density at radius 2 is 1.17 bits per heavy atom. The minimum absolute atomic E-state index is 0.196. The average Bonchev–Trinajstić information content (AvgIpc) is 2.51. The summed E-state index contributed by atoms with van der Waals surface area (Å²) in [6, 6.07) is 0. The molecule has 0 saturated carbocycles. The lowest BCUT2D eigenvalue weighted by atomic mass is 10.0. The van der Waals surface area contributed by atoms with E-state index in [0.29, 0.717) is 6.42 Å². The highest BCUT2D eigenvalue weighted by atomic mass is 35.5. The fraction of sp³-hybridized carbons (Fsp3) is 0.947. The summed E-state index contributed by atoms with van der Waals surface area (Å²) in [5.41, 5.74) is 0. The Hall–Kier alpha value is -0.120. The van der Waals surface area contributed by atoms with Gasteiger partial charge in [0, 0.05) is 6.42 Å². The molecule has 0 fully saturated rings. The summed E-state index contributed by atoms with van der Waals surface area (Å²) in [4.78, 5) is 11.6. The molecule has 3 nitrogen and oxygen atoms in total. The number of ketones is 1. The lowest BCUT2D eigenvalue weighted by Crippen LogP contribution is -2.45. The van der Waals surface area contributed by atoms with Crippen molar-refractivity contribution in [2.75, 3.05) is 0 Å². The summed E-state index contributed by atoms with van der Waals surface area (Å²) in [6.07, 6.45) is 16.3. The molecule has 4 heteroatoms. The molecule has 0 aliphatic carbocycles. The van der Waals surface area contributed by atoms with Crippen molar-refractivity contribution in [1.29, 1.82) is 0 Å². The van der Waals surface area contributed by atoms with Crippen LogP contribution in [0.15, 0.2) is 0 Å². The highest BCUT2D eigenvalue weighted by molar-refractivity contribution is 6.22. The molecule has 0 rings (SSSR count). The smallest absolute Gasteiger partial charge is 0.240 e. The summed E-state index contributed by atoms with van der Waals surface area (Å²) in [5.74, 6) is -2.94. The van der Waals surface area contributed by atoms with Gasteiger partial charge in [-0.05, 0) is 13.3 Å². The Kier molecular flexibility index (Phi) is 14.2. The van der Waals surface area contributed by atoms with Crippen molar-refractivity contribution in [1.82, 2.24) is 0 Å². The molecular weight excluding hydrogens is 312 g/mol. The number of halogens is 1. The Balaban J connectivity index is 3.33. The first-order valence-electron chi connectivity index (χ1n) is 9.55. The molecule has 0 saturated heterocycles. The van der Waals surface area contributed by atoms with E-state index in [-0.39, 0.29) is 6.42 Å². The first-order valence-corrected chi connectivity index (χ1v) is 9.98. The molecule has 0 bridgehead atoms. The van der Waals surface area contributed by atoms with Crippen molar-refractivity contribution in [3.8, 4) is 0 Å². The van der Waals surface area contributed by atoms with Crippen LogP contribution in [0.2, 0.25) is 0 Å². The van der Waals surface area contributed by atoms with Crippen LogP contribution in [0, 0.1) is 0 Å². The largest absolute Gasteiger partial charge is 0.359 e.